The molecule has 4 N–H and O–H groups in total. The zero-order valence-electron chi connectivity index (χ0n) is 13.7. The molecule has 4 rings (SSSR count). The third-order valence-electron chi connectivity index (χ3n) is 4.60. The molecule has 0 bridgehead atoms. The summed E-state index contributed by atoms with van der Waals surface area (Å²) in [6.07, 6.45) is 1.43. The molecule has 0 radical (unpaired) electrons. The lowest BCUT2D eigenvalue weighted by molar-refractivity contribution is 0.0937. The number of aromatic nitrogens is 1. The summed E-state index contributed by atoms with van der Waals surface area (Å²) in [5, 5.41) is 23.1. The van der Waals surface area contributed by atoms with Crippen LogP contribution < -0.4 is 10.1 Å². The molecule has 25 heavy (non-hydrogen) atoms. The smallest absolute Gasteiger partial charge is 0.251 e. The van der Waals surface area contributed by atoms with Gasteiger partial charge in [-0.25, -0.2) is 0 Å². The molecular weight excluding hydrogens is 320 g/mol. The van der Waals surface area contributed by atoms with Crippen LogP contribution in [0.15, 0.2) is 36.4 Å². The molecule has 6 heteroatoms. The van der Waals surface area contributed by atoms with Gasteiger partial charge in [0.1, 0.15) is 17.2 Å². The molecule has 1 aromatic heterocycles. The van der Waals surface area contributed by atoms with Crippen LogP contribution in [0.3, 0.4) is 0 Å². The Balaban J connectivity index is 1.54. The van der Waals surface area contributed by atoms with Crippen LogP contribution >= 0.6 is 0 Å². The van der Waals surface area contributed by atoms with Crippen LogP contribution in [-0.2, 0) is 12.8 Å². The number of nitrogens with one attached hydrogen (secondary N) is 2. The lowest BCUT2D eigenvalue weighted by Crippen LogP contribution is -2.35. The highest BCUT2D eigenvalue weighted by atomic mass is 16.5. The molecular formula is C19H18N2O4. The topological polar surface area (TPSA) is 94.6 Å². The number of phenols is 2. The molecule has 1 atom stereocenters. The van der Waals surface area contributed by atoms with E-state index in [1.807, 2.05) is 18.2 Å². The Morgan fingerprint density at radius 3 is 2.64 bits per heavy atom. The third kappa shape index (κ3) is 2.76. The highest BCUT2D eigenvalue weighted by Crippen LogP contribution is 2.32. The fraction of sp³-hybridized carbons (Fsp3) is 0.211. The number of methoxy groups -OCH3 is 1. The van der Waals surface area contributed by atoms with E-state index in [1.54, 1.807) is 7.11 Å². The molecule has 0 spiro atoms. The Hall–Kier alpha value is -3.15. The number of aromatic hydroxyl groups is 2. The summed E-state index contributed by atoms with van der Waals surface area (Å²) in [5.41, 5.74) is 3.61. The van der Waals surface area contributed by atoms with Crippen molar-refractivity contribution in [2.45, 2.75) is 18.9 Å². The maximum Gasteiger partial charge on any atom is 0.251 e. The maximum absolute atomic E-state index is 12.4. The standard InChI is InChI=1S/C19H18N2O4/c1-25-14-2-3-17-16(9-14)15-6-11(7-18(15)21-17)20-19(24)10-4-12(22)8-13(23)5-10/h2-5,8-9,11,21-23H,6-7H2,1H3,(H,20,24). The molecule has 0 fully saturated rings. The lowest BCUT2D eigenvalue weighted by Gasteiger charge is -2.13. The molecule has 1 unspecified atom stereocenters. The predicted octanol–water partition coefficient (Wildman–Crippen LogP) is 2.48. The summed E-state index contributed by atoms with van der Waals surface area (Å²) < 4.78 is 5.29. The van der Waals surface area contributed by atoms with Crippen molar-refractivity contribution in [2.24, 2.45) is 0 Å². The van der Waals surface area contributed by atoms with Crippen molar-refractivity contribution in [2.75, 3.05) is 7.11 Å². The summed E-state index contributed by atoms with van der Waals surface area (Å²) in [7, 11) is 1.64. The van der Waals surface area contributed by atoms with E-state index in [0.717, 1.165) is 28.8 Å². The average molecular weight is 338 g/mol. The van der Waals surface area contributed by atoms with E-state index in [4.69, 9.17) is 4.74 Å². The van der Waals surface area contributed by atoms with Crippen LogP contribution in [0.2, 0.25) is 0 Å². The summed E-state index contributed by atoms with van der Waals surface area (Å²) >= 11 is 0. The Morgan fingerprint density at radius 1 is 1.16 bits per heavy atom. The van der Waals surface area contributed by atoms with E-state index in [2.05, 4.69) is 10.3 Å². The van der Waals surface area contributed by atoms with Crippen molar-refractivity contribution >= 4 is 16.8 Å². The second-order valence-electron chi connectivity index (χ2n) is 6.31. The van der Waals surface area contributed by atoms with Gasteiger partial charge in [-0.15, -0.1) is 0 Å². The minimum Gasteiger partial charge on any atom is -0.508 e. The van der Waals surface area contributed by atoms with Gasteiger partial charge in [0.25, 0.3) is 5.91 Å². The quantitative estimate of drug-likeness (QED) is 0.590. The minimum atomic E-state index is -0.316. The zero-order chi connectivity index (χ0) is 17.6. The van der Waals surface area contributed by atoms with Crippen molar-refractivity contribution in [3.8, 4) is 17.2 Å². The van der Waals surface area contributed by atoms with Crippen molar-refractivity contribution < 1.29 is 19.7 Å². The van der Waals surface area contributed by atoms with Gasteiger partial charge in [0.15, 0.2) is 0 Å². The van der Waals surface area contributed by atoms with Crippen LogP contribution in [0.1, 0.15) is 21.6 Å². The number of carbonyl (C=O) groups excluding carboxylic acids is 1. The first-order chi connectivity index (χ1) is 12.0. The number of rotatable bonds is 3. The van der Waals surface area contributed by atoms with E-state index in [1.165, 1.54) is 23.8 Å². The molecule has 1 aliphatic carbocycles. The molecule has 1 aliphatic rings. The number of hydrogen-bond donors (Lipinski definition) is 4. The third-order valence-corrected chi connectivity index (χ3v) is 4.60. The Bertz CT molecular complexity index is 957. The van der Waals surface area contributed by atoms with Gasteiger partial charge in [0, 0.05) is 40.7 Å². The fourth-order valence-corrected chi connectivity index (χ4v) is 3.48. The Kier molecular flexibility index (Phi) is 3.53. The predicted molar refractivity (Wildman–Crippen MR) is 93.3 cm³/mol. The Morgan fingerprint density at radius 2 is 1.92 bits per heavy atom. The monoisotopic (exact) mass is 338 g/mol. The van der Waals surface area contributed by atoms with Crippen LogP contribution in [-0.4, -0.2) is 34.3 Å². The van der Waals surface area contributed by atoms with Gasteiger partial charge in [-0.2, -0.15) is 0 Å². The number of carbonyl (C=O) groups is 1. The first-order valence-electron chi connectivity index (χ1n) is 8.05. The Labute approximate surface area is 144 Å². The van der Waals surface area contributed by atoms with Crippen molar-refractivity contribution in [3.05, 3.63) is 53.2 Å². The van der Waals surface area contributed by atoms with E-state index in [0.29, 0.717) is 6.42 Å². The fourth-order valence-electron chi connectivity index (χ4n) is 3.48. The van der Waals surface area contributed by atoms with Crippen LogP contribution in [0.5, 0.6) is 17.2 Å². The SMILES string of the molecule is COc1ccc2[nH]c3c(c2c1)CC(NC(=O)c1cc(O)cc(O)c1)C3. The summed E-state index contributed by atoms with van der Waals surface area (Å²) in [6, 6.07) is 9.75. The molecule has 1 heterocycles. The first kappa shape index (κ1) is 15.4. The molecule has 2 aromatic carbocycles. The normalized spacial score (nSPS) is 16.0. The number of benzene rings is 2. The highest BCUT2D eigenvalue weighted by Gasteiger charge is 2.27. The molecule has 1 amide bonds. The molecule has 0 aliphatic heterocycles. The average Bonchev–Trinajstić information content (AvgIpc) is 3.10. The molecule has 0 saturated heterocycles. The van der Waals surface area contributed by atoms with Gasteiger partial charge in [0.2, 0.25) is 0 Å². The maximum atomic E-state index is 12.4. The largest absolute Gasteiger partial charge is 0.508 e. The van der Waals surface area contributed by atoms with Gasteiger partial charge < -0.3 is 25.3 Å². The first-order valence-corrected chi connectivity index (χ1v) is 8.05. The number of amides is 1. The van der Waals surface area contributed by atoms with E-state index in [9.17, 15) is 15.0 Å². The second kappa shape index (κ2) is 5.73. The number of phenolic OH excluding ortho intramolecular Hbond substituents is 2. The van der Waals surface area contributed by atoms with Crippen LogP contribution in [0.25, 0.3) is 10.9 Å². The van der Waals surface area contributed by atoms with Crippen molar-refractivity contribution in [1.82, 2.24) is 10.3 Å². The van der Waals surface area contributed by atoms with Gasteiger partial charge >= 0.3 is 0 Å². The molecule has 6 nitrogen and oxygen atoms in total. The van der Waals surface area contributed by atoms with Crippen molar-refractivity contribution in [3.63, 3.8) is 0 Å². The van der Waals surface area contributed by atoms with Crippen molar-refractivity contribution in [1.29, 1.82) is 0 Å². The summed E-state index contributed by atoms with van der Waals surface area (Å²) in [4.78, 5) is 15.8. The van der Waals surface area contributed by atoms with Gasteiger partial charge in [-0.05, 0) is 42.3 Å². The number of H-pyrrole nitrogens is 1. The van der Waals surface area contributed by atoms with Crippen LogP contribution in [0, 0.1) is 0 Å². The van der Waals surface area contributed by atoms with Gasteiger partial charge in [0.05, 0.1) is 7.11 Å². The second-order valence-corrected chi connectivity index (χ2v) is 6.31. The zero-order valence-corrected chi connectivity index (χ0v) is 13.7. The van der Waals surface area contributed by atoms with E-state index < -0.39 is 0 Å². The van der Waals surface area contributed by atoms with E-state index in [-0.39, 0.29) is 29.0 Å². The number of ether oxygens (including phenoxy) is 1. The van der Waals surface area contributed by atoms with E-state index >= 15 is 0 Å². The van der Waals surface area contributed by atoms with Gasteiger partial charge in [-0.3, -0.25) is 4.79 Å². The lowest BCUT2D eigenvalue weighted by atomic mass is 10.1. The number of hydrogen-bond acceptors (Lipinski definition) is 4. The van der Waals surface area contributed by atoms with Crippen LogP contribution in [0.4, 0.5) is 0 Å². The summed E-state index contributed by atoms with van der Waals surface area (Å²) in [5.74, 6) is 0.208. The molecule has 128 valence electrons. The summed E-state index contributed by atoms with van der Waals surface area (Å²) in [6.45, 7) is 0. The van der Waals surface area contributed by atoms with Gasteiger partial charge in [-0.1, -0.05) is 0 Å². The molecule has 3 aromatic rings. The number of fused-ring (bicyclic) bond motifs is 3. The molecule has 0 saturated carbocycles. The minimum absolute atomic E-state index is 0.0335. The highest BCUT2D eigenvalue weighted by molar-refractivity contribution is 5.95. The number of aromatic amines is 1.